The van der Waals surface area contributed by atoms with Crippen LogP contribution >= 0.6 is 0 Å². The summed E-state index contributed by atoms with van der Waals surface area (Å²) in [6.07, 6.45) is 3.43. The third-order valence-electron chi connectivity index (χ3n) is 4.44. The number of carbonyl (C=O) groups excluding carboxylic acids is 1. The Morgan fingerprint density at radius 1 is 1.27 bits per heavy atom. The zero-order chi connectivity index (χ0) is 15.5. The number of esters is 1. The van der Waals surface area contributed by atoms with Gasteiger partial charge in [-0.05, 0) is 43.7 Å². The van der Waals surface area contributed by atoms with Gasteiger partial charge in [0.2, 0.25) is 0 Å². The highest BCUT2D eigenvalue weighted by Crippen LogP contribution is 2.30. The lowest BCUT2D eigenvalue weighted by molar-refractivity contribution is -0.146. The molecule has 0 atom stereocenters. The average Bonchev–Trinajstić information content (AvgIpc) is 2.57. The Hall–Kier alpha value is -2.24. The fourth-order valence-corrected chi connectivity index (χ4v) is 3.13. The van der Waals surface area contributed by atoms with Crippen LogP contribution in [0.5, 0.6) is 0 Å². The van der Waals surface area contributed by atoms with Crippen molar-refractivity contribution in [2.75, 3.05) is 7.11 Å². The summed E-state index contributed by atoms with van der Waals surface area (Å²) in [6.45, 7) is 0.560. The Morgan fingerprint density at radius 3 is 2.73 bits per heavy atom. The van der Waals surface area contributed by atoms with Crippen molar-refractivity contribution in [2.45, 2.75) is 32.2 Å². The highest BCUT2D eigenvalue weighted by Gasteiger charge is 2.27. The van der Waals surface area contributed by atoms with Crippen LogP contribution in [0, 0.1) is 11.8 Å². The minimum atomic E-state index is -0.124. The van der Waals surface area contributed by atoms with Crippen molar-refractivity contribution >= 4 is 16.9 Å². The van der Waals surface area contributed by atoms with E-state index >= 15 is 0 Å². The van der Waals surface area contributed by atoms with Gasteiger partial charge in [0, 0.05) is 6.54 Å². The maximum absolute atomic E-state index is 12.4. The van der Waals surface area contributed by atoms with Gasteiger partial charge in [-0.25, -0.2) is 4.68 Å². The number of ether oxygens (including phenoxy) is 1. The standard InChI is InChI=1S/C16H19N3O3/c1-22-16(21)12-8-6-11(7-9-12)10-19-15(20)13-4-2-3-5-14(13)17-18-19/h2-5,11-12H,6-10H2,1H3. The van der Waals surface area contributed by atoms with Crippen LogP contribution < -0.4 is 5.56 Å². The van der Waals surface area contributed by atoms with Crippen LogP contribution in [0.15, 0.2) is 29.1 Å². The van der Waals surface area contributed by atoms with E-state index in [1.807, 2.05) is 12.1 Å². The van der Waals surface area contributed by atoms with Crippen molar-refractivity contribution in [3.8, 4) is 0 Å². The molecule has 3 rings (SSSR count). The monoisotopic (exact) mass is 301 g/mol. The topological polar surface area (TPSA) is 74.1 Å². The number of fused-ring (bicyclic) bond motifs is 1. The van der Waals surface area contributed by atoms with Crippen molar-refractivity contribution in [3.05, 3.63) is 34.6 Å². The average molecular weight is 301 g/mol. The Bertz CT molecular complexity index is 733. The molecule has 1 aromatic carbocycles. The molecule has 1 aliphatic carbocycles. The molecule has 1 fully saturated rings. The van der Waals surface area contributed by atoms with Gasteiger partial charge in [-0.2, -0.15) is 0 Å². The van der Waals surface area contributed by atoms with E-state index in [2.05, 4.69) is 10.3 Å². The molecular formula is C16H19N3O3. The SMILES string of the molecule is COC(=O)C1CCC(Cn2nnc3ccccc3c2=O)CC1. The van der Waals surface area contributed by atoms with E-state index in [1.54, 1.807) is 12.1 Å². The van der Waals surface area contributed by atoms with Crippen LogP contribution in [-0.4, -0.2) is 28.1 Å². The van der Waals surface area contributed by atoms with Crippen LogP contribution in [0.4, 0.5) is 0 Å². The molecule has 6 heteroatoms. The molecule has 0 saturated heterocycles. The highest BCUT2D eigenvalue weighted by atomic mass is 16.5. The second-order valence-corrected chi connectivity index (χ2v) is 5.83. The van der Waals surface area contributed by atoms with Crippen LogP contribution in [0.3, 0.4) is 0 Å². The predicted molar refractivity (Wildman–Crippen MR) is 81.3 cm³/mol. The maximum atomic E-state index is 12.4. The van der Waals surface area contributed by atoms with Crippen molar-refractivity contribution < 1.29 is 9.53 Å². The van der Waals surface area contributed by atoms with Crippen molar-refractivity contribution in [1.29, 1.82) is 0 Å². The molecule has 6 nitrogen and oxygen atoms in total. The summed E-state index contributed by atoms with van der Waals surface area (Å²) in [4.78, 5) is 23.9. The normalized spacial score (nSPS) is 21.7. The smallest absolute Gasteiger partial charge is 0.308 e. The molecule has 0 bridgehead atoms. The van der Waals surface area contributed by atoms with Gasteiger partial charge in [0.05, 0.1) is 18.4 Å². The second-order valence-electron chi connectivity index (χ2n) is 5.83. The zero-order valence-electron chi connectivity index (χ0n) is 12.6. The largest absolute Gasteiger partial charge is 0.469 e. The third kappa shape index (κ3) is 2.86. The molecule has 1 aromatic heterocycles. The molecule has 0 radical (unpaired) electrons. The fourth-order valence-electron chi connectivity index (χ4n) is 3.13. The summed E-state index contributed by atoms with van der Waals surface area (Å²) in [5.74, 6) is 0.232. The number of carbonyl (C=O) groups is 1. The summed E-state index contributed by atoms with van der Waals surface area (Å²) in [5, 5.41) is 8.73. The molecule has 1 aliphatic rings. The predicted octanol–water partition coefficient (Wildman–Crippen LogP) is 1.77. The van der Waals surface area contributed by atoms with Crippen LogP contribution in [-0.2, 0) is 16.1 Å². The number of nitrogens with zero attached hydrogens (tertiary/aromatic N) is 3. The molecule has 116 valence electrons. The van der Waals surface area contributed by atoms with Gasteiger partial charge in [-0.3, -0.25) is 9.59 Å². The van der Waals surface area contributed by atoms with E-state index in [0.29, 0.717) is 23.4 Å². The fraction of sp³-hybridized carbons (Fsp3) is 0.500. The summed E-state index contributed by atoms with van der Waals surface area (Å²) in [5.41, 5.74) is 0.527. The Balaban J connectivity index is 1.71. The number of methoxy groups -OCH3 is 1. The molecule has 22 heavy (non-hydrogen) atoms. The van der Waals surface area contributed by atoms with Gasteiger partial charge >= 0.3 is 5.97 Å². The lowest BCUT2D eigenvalue weighted by atomic mass is 9.82. The first-order valence-corrected chi connectivity index (χ1v) is 7.59. The van der Waals surface area contributed by atoms with Crippen LogP contribution in [0.2, 0.25) is 0 Å². The molecule has 2 aromatic rings. The summed E-state index contributed by atoms with van der Waals surface area (Å²) >= 11 is 0. The Labute approximate surface area is 128 Å². The highest BCUT2D eigenvalue weighted by molar-refractivity contribution is 5.76. The lowest BCUT2D eigenvalue weighted by Gasteiger charge is -2.26. The molecule has 1 heterocycles. The van der Waals surface area contributed by atoms with Crippen molar-refractivity contribution in [1.82, 2.24) is 15.0 Å². The zero-order valence-corrected chi connectivity index (χ0v) is 12.6. The summed E-state index contributed by atoms with van der Waals surface area (Å²) in [7, 11) is 1.43. The van der Waals surface area contributed by atoms with E-state index in [9.17, 15) is 9.59 Å². The molecule has 1 saturated carbocycles. The molecule has 0 spiro atoms. The molecule has 0 unspecified atom stereocenters. The van der Waals surface area contributed by atoms with Gasteiger partial charge < -0.3 is 4.74 Å². The van der Waals surface area contributed by atoms with Crippen LogP contribution in [0.1, 0.15) is 25.7 Å². The minimum absolute atomic E-state index is 0.000611. The summed E-state index contributed by atoms with van der Waals surface area (Å²) < 4.78 is 6.24. The van der Waals surface area contributed by atoms with Crippen LogP contribution in [0.25, 0.3) is 10.9 Å². The van der Waals surface area contributed by atoms with E-state index < -0.39 is 0 Å². The summed E-state index contributed by atoms with van der Waals surface area (Å²) in [6, 6.07) is 7.23. The van der Waals surface area contributed by atoms with E-state index in [0.717, 1.165) is 25.7 Å². The minimum Gasteiger partial charge on any atom is -0.469 e. The molecule has 0 N–H and O–H groups in total. The quantitative estimate of drug-likeness (QED) is 0.808. The first kappa shape index (κ1) is 14.7. The Kier molecular flexibility index (Phi) is 4.18. The van der Waals surface area contributed by atoms with Gasteiger partial charge in [0.1, 0.15) is 5.52 Å². The lowest BCUT2D eigenvalue weighted by Crippen LogP contribution is -2.30. The Morgan fingerprint density at radius 2 is 2.00 bits per heavy atom. The van der Waals surface area contributed by atoms with E-state index in [4.69, 9.17) is 4.74 Å². The molecular weight excluding hydrogens is 282 g/mol. The number of aromatic nitrogens is 3. The van der Waals surface area contributed by atoms with Gasteiger partial charge in [0.15, 0.2) is 0 Å². The molecule has 0 aliphatic heterocycles. The number of benzene rings is 1. The molecule has 0 amide bonds. The van der Waals surface area contributed by atoms with Gasteiger partial charge in [0.25, 0.3) is 5.56 Å². The first-order chi connectivity index (χ1) is 10.7. The van der Waals surface area contributed by atoms with Crippen molar-refractivity contribution in [2.24, 2.45) is 11.8 Å². The van der Waals surface area contributed by atoms with E-state index in [-0.39, 0.29) is 17.4 Å². The van der Waals surface area contributed by atoms with Gasteiger partial charge in [-0.15, -0.1) is 5.10 Å². The van der Waals surface area contributed by atoms with E-state index in [1.165, 1.54) is 11.8 Å². The second kappa shape index (κ2) is 6.25. The first-order valence-electron chi connectivity index (χ1n) is 7.59. The number of hydrogen-bond acceptors (Lipinski definition) is 5. The number of rotatable bonds is 3. The maximum Gasteiger partial charge on any atom is 0.308 e. The van der Waals surface area contributed by atoms with Gasteiger partial charge in [-0.1, -0.05) is 17.3 Å². The third-order valence-corrected chi connectivity index (χ3v) is 4.44. The number of hydrogen-bond donors (Lipinski definition) is 0. The van der Waals surface area contributed by atoms with Crippen molar-refractivity contribution in [3.63, 3.8) is 0 Å².